The first-order valence-corrected chi connectivity index (χ1v) is 7.28. The number of methoxy groups -OCH3 is 1. The van der Waals surface area contributed by atoms with Gasteiger partial charge in [-0.2, -0.15) is 4.98 Å². The van der Waals surface area contributed by atoms with Crippen LogP contribution in [0.1, 0.15) is 69.1 Å². The summed E-state index contributed by atoms with van der Waals surface area (Å²) in [5, 5.41) is 4.12. The molecule has 1 aromatic rings. The first-order valence-electron chi connectivity index (χ1n) is 7.28. The standard InChI is InChI=1S/C14H25N3O2/c1-10-5-7-11(8-6-10)13-16-14(19-17-13)12(15)4-3-9-18-2/h10-12H,3-9,15H2,1-2H3. The Hall–Kier alpha value is -0.940. The quantitative estimate of drug-likeness (QED) is 0.802. The van der Waals surface area contributed by atoms with E-state index >= 15 is 0 Å². The molecular formula is C14H25N3O2. The molecule has 5 heteroatoms. The molecule has 0 saturated heterocycles. The van der Waals surface area contributed by atoms with Gasteiger partial charge in [0.15, 0.2) is 5.82 Å². The molecule has 2 N–H and O–H groups in total. The number of hydrogen-bond acceptors (Lipinski definition) is 5. The molecule has 0 aliphatic heterocycles. The molecule has 1 heterocycles. The highest BCUT2D eigenvalue weighted by Gasteiger charge is 2.25. The second-order valence-corrected chi connectivity index (χ2v) is 5.69. The minimum atomic E-state index is -0.168. The molecule has 0 spiro atoms. The molecule has 0 amide bonds. The van der Waals surface area contributed by atoms with Crippen LogP contribution in [-0.4, -0.2) is 23.9 Å². The fourth-order valence-electron chi connectivity index (χ4n) is 2.65. The Kier molecular flexibility index (Phi) is 5.34. The van der Waals surface area contributed by atoms with Crippen molar-refractivity contribution in [3.8, 4) is 0 Å². The maximum Gasteiger partial charge on any atom is 0.243 e. The van der Waals surface area contributed by atoms with Crippen molar-refractivity contribution in [2.24, 2.45) is 11.7 Å². The largest absolute Gasteiger partial charge is 0.385 e. The van der Waals surface area contributed by atoms with Crippen LogP contribution in [0.3, 0.4) is 0 Å². The van der Waals surface area contributed by atoms with Gasteiger partial charge in [-0.25, -0.2) is 0 Å². The molecule has 108 valence electrons. The highest BCUT2D eigenvalue weighted by molar-refractivity contribution is 4.99. The highest BCUT2D eigenvalue weighted by Crippen LogP contribution is 2.34. The van der Waals surface area contributed by atoms with Gasteiger partial charge in [-0.3, -0.25) is 0 Å². The van der Waals surface area contributed by atoms with Crippen LogP contribution in [0.15, 0.2) is 4.52 Å². The van der Waals surface area contributed by atoms with Crippen LogP contribution in [0.25, 0.3) is 0 Å². The lowest BCUT2D eigenvalue weighted by Gasteiger charge is -2.23. The summed E-state index contributed by atoms with van der Waals surface area (Å²) in [5.41, 5.74) is 6.05. The molecule has 5 nitrogen and oxygen atoms in total. The number of aromatic nitrogens is 2. The van der Waals surface area contributed by atoms with E-state index in [0.29, 0.717) is 11.8 Å². The molecule has 1 aliphatic carbocycles. The average molecular weight is 267 g/mol. The molecule has 1 unspecified atom stereocenters. The van der Waals surface area contributed by atoms with Crippen LogP contribution >= 0.6 is 0 Å². The van der Waals surface area contributed by atoms with E-state index in [1.807, 2.05) is 0 Å². The smallest absolute Gasteiger partial charge is 0.243 e. The fourth-order valence-corrected chi connectivity index (χ4v) is 2.65. The van der Waals surface area contributed by atoms with Gasteiger partial charge >= 0.3 is 0 Å². The van der Waals surface area contributed by atoms with Gasteiger partial charge in [-0.15, -0.1) is 0 Å². The minimum Gasteiger partial charge on any atom is -0.385 e. The summed E-state index contributed by atoms with van der Waals surface area (Å²) in [5.74, 6) is 2.72. The van der Waals surface area contributed by atoms with Gasteiger partial charge < -0.3 is 15.0 Å². The Morgan fingerprint density at radius 3 is 2.79 bits per heavy atom. The molecular weight excluding hydrogens is 242 g/mol. The van der Waals surface area contributed by atoms with Crippen LogP contribution in [0.5, 0.6) is 0 Å². The third kappa shape index (κ3) is 4.01. The fraction of sp³-hybridized carbons (Fsp3) is 0.857. The van der Waals surface area contributed by atoms with E-state index < -0.39 is 0 Å². The number of hydrogen-bond donors (Lipinski definition) is 1. The summed E-state index contributed by atoms with van der Waals surface area (Å²) in [6, 6.07) is -0.168. The van der Waals surface area contributed by atoms with E-state index in [1.165, 1.54) is 25.7 Å². The van der Waals surface area contributed by atoms with Crippen molar-refractivity contribution in [1.82, 2.24) is 10.1 Å². The molecule has 1 atom stereocenters. The van der Waals surface area contributed by atoms with Gasteiger partial charge in [0.1, 0.15) is 0 Å². The van der Waals surface area contributed by atoms with Gasteiger partial charge in [0.2, 0.25) is 5.89 Å². The molecule has 0 bridgehead atoms. The van der Waals surface area contributed by atoms with Crippen molar-refractivity contribution < 1.29 is 9.26 Å². The van der Waals surface area contributed by atoms with E-state index in [-0.39, 0.29) is 6.04 Å². The third-order valence-electron chi connectivity index (χ3n) is 4.02. The molecule has 19 heavy (non-hydrogen) atoms. The zero-order valence-corrected chi connectivity index (χ0v) is 12.0. The lowest BCUT2D eigenvalue weighted by atomic mass is 9.83. The SMILES string of the molecule is COCCCC(N)c1nc(C2CCC(C)CC2)no1. The summed E-state index contributed by atoms with van der Waals surface area (Å²) in [6.07, 6.45) is 6.58. The third-order valence-corrected chi connectivity index (χ3v) is 4.02. The van der Waals surface area contributed by atoms with Crippen LogP contribution in [0.2, 0.25) is 0 Å². The van der Waals surface area contributed by atoms with E-state index in [4.69, 9.17) is 15.0 Å². The first-order chi connectivity index (χ1) is 9.20. The highest BCUT2D eigenvalue weighted by atomic mass is 16.5. The second-order valence-electron chi connectivity index (χ2n) is 5.69. The molecule has 1 saturated carbocycles. The zero-order chi connectivity index (χ0) is 13.7. The van der Waals surface area contributed by atoms with Crippen molar-refractivity contribution in [1.29, 1.82) is 0 Å². The van der Waals surface area contributed by atoms with Gasteiger partial charge in [-0.1, -0.05) is 24.9 Å². The summed E-state index contributed by atoms with van der Waals surface area (Å²) in [4.78, 5) is 4.49. The van der Waals surface area contributed by atoms with Crippen molar-refractivity contribution in [2.45, 2.75) is 57.4 Å². The van der Waals surface area contributed by atoms with Crippen LogP contribution < -0.4 is 5.73 Å². The van der Waals surface area contributed by atoms with Gasteiger partial charge in [0.05, 0.1) is 6.04 Å². The maximum atomic E-state index is 6.05. The number of nitrogens with zero attached hydrogens (tertiary/aromatic N) is 2. The van der Waals surface area contributed by atoms with Crippen molar-refractivity contribution in [3.63, 3.8) is 0 Å². The summed E-state index contributed by atoms with van der Waals surface area (Å²) >= 11 is 0. The van der Waals surface area contributed by atoms with E-state index in [1.54, 1.807) is 7.11 Å². The van der Waals surface area contributed by atoms with Crippen LogP contribution in [0.4, 0.5) is 0 Å². The predicted octanol–water partition coefficient (Wildman–Crippen LogP) is 2.79. The molecule has 1 aromatic heterocycles. The van der Waals surface area contributed by atoms with Gasteiger partial charge in [0.25, 0.3) is 0 Å². The van der Waals surface area contributed by atoms with Crippen molar-refractivity contribution in [3.05, 3.63) is 11.7 Å². The zero-order valence-electron chi connectivity index (χ0n) is 12.0. The molecule has 1 fully saturated rings. The van der Waals surface area contributed by atoms with Crippen molar-refractivity contribution >= 4 is 0 Å². The lowest BCUT2D eigenvalue weighted by molar-refractivity contribution is 0.188. The molecule has 0 radical (unpaired) electrons. The van der Waals surface area contributed by atoms with Gasteiger partial charge in [-0.05, 0) is 31.6 Å². The summed E-state index contributed by atoms with van der Waals surface area (Å²) in [6.45, 7) is 3.03. The van der Waals surface area contributed by atoms with Crippen LogP contribution in [-0.2, 0) is 4.74 Å². The number of ether oxygens (including phenoxy) is 1. The van der Waals surface area contributed by atoms with E-state index in [0.717, 1.165) is 31.2 Å². The predicted molar refractivity (Wildman–Crippen MR) is 72.7 cm³/mol. The van der Waals surface area contributed by atoms with E-state index in [2.05, 4.69) is 17.1 Å². The number of rotatable bonds is 6. The Morgan fingerprint density at radius 2 is 2.11 bits per heavy atom. The summed E-state index contributed by atoms with van der Waals surface area (Å²) < 4.78 is 10.3. The molecule has 0 aromatic carbocycles. The molecule has 1 aliphatic rings. The Balaban J connectivity index is 1.87. The minimum absolute atomic E-state index is 0.168. The van der Waals surface area contributed by atoms with Crippen LogP contribution in [0, 0.1) is 5.92 Å². The first kappa shape index (κ1) is 14.5. The van der Waals surface area contributed by atoms with Crippen molar-refractivity contribution in [2.75, 3.05) is 13.7 Å². The van der Waals surface area contributed by atoms with Gasteiger partial charge in [0, 0.05) is 19.6 Å². The Labute approximate surface area is 114 Å². The molecule has 2 rings (SSSR count). The lowest BCUT2D eigenvalue weighted by Crippen LogP contribution is -2.14. The summed E-state index contributed by atoms with van der Waals surface area (Å²) in [7, 11) is 1.69. The Morgan fingerprint density at radius 1 is 1.37 bits per heavy atom. The van der Waals surface area contributed by atoms with E-state index in [9.17, 15) is 0 Å². The number of nitrogens with two attached hydrogens (primary N) is 1. The topological polar surface area (TPSA) is 74.2 Å². The normalized spacial score (nSPS) is 25.4. The Bertz CT molecular complexity index is 373. The monoisotopic (exact) mass is 267 g/mol. The second kappa shape index (κ2) is 7.01. The average Bonchev–Trinajstić information content (AvgIpc) is 2.89. The maximum absolute atomic E-state index is 6.05.